The summed E-state index contributed by atoms with van der Waals surface area (Å²) in [6.45, 7) is 3.95. The SMILES string of the molecule is CCc1cc(C(=O)O)n2ncc(CC)c2n1. The van der Waals surface area contributed by atoms with Crippen molar-refractivity contribution >= 4 is 11.6 Å². The molecule has 0 amide bonds. The van der Waals surface area contributed by atoms with Gasteiger partial charge >= 0.3 is 5.97 Å². The molecule has 0 bridgehead atoms. The summed E-state index contributed by atoms with van der Waals surface area (Å²) >= 11 is 0. The number of hydrogen-bond acceptors (Lipinski definition) is 3. The lowest BCUT2D eigenvalue weighted by atomic mass is 10.2. The van der Waals surface area contributed by atoms with Crippen LogP contribution in [-0.2, 0) is 12.8 Å². The molecule has 0 atom stereocenters. The Hall–Kier alpha value is -1.91. The van der Waals surface area contributed by atoms with Gasteiger partial charge in [-0.2, -0.15) is 5.10 Å². The molecule has 0 spiro atoms. The first-order valence-electron chi connectivity index (χ1n) is 5.27. The van der Waals surface area contributed by atoms with Gasteiger partial charge in [0.2, 0.25) is 0 Å². The first-order chi connectivity index (χ1) is 7.67. The number of fused-ring (bicyclic) bond motifs is 1. The maximum absolute atomic E-state index is 11.1. The molecule has 5 nitrogen and oxygen atoms in total. The molecule has 0 radical (unpaired) electrons. The Balaban J connectivity index is 2.78. The van der Waals surface area contributed by atoms with Crippen LogP contribution < -0.4 is 0 Å². The highest BCUT2D eigenvalue weighted by atomic mass is 16.4. The number of hydrogen-bond donors (Lipinski definition) is 1. The summed E-state index contributed by atoms with van der Waals surface area (Å²) in [6.07, 6.45) is 3.18. The van der Waals surface area contributed by atoms with Gasteiger partial charge in [0, 0.05) is 11.3 Å². The van der Waals surface area contributed by atoms with Gasteiger partial charge < -0.3 is 5.11 Å². The number of aromatic nitrogens is 3. The molecule has 0 aliphatic heterocycles. The maximum Gasteiger partial charge on any atom is 0.354 e. The highest BCUT2D eigenvalue weighted by Gasteiger charge is 2.14. The largest absolute Gasteiger partial charge is 0.477 e. The van der Waals surface area contributed by atoms with Crippen LogP contribution in [0.1, 0.15) is 35.6 Å². The fraction of sp³-hybridized carbons (Fsp3) is 0.364. The summed E-state index contributed by atoms with van der Waals surface area (Å²) in [5.74, 6) is -0.979. The van der Waals surface area contributed by atoms with Gasteiger partial charge in [-0.3, -0.25) is 0 Å². The lowest BCUT2D eigenvalue weighted by molar-refractivity contribution is 0.0687. The van der Waals surface area contributed by atoms with Crippen molar-refractivity contribution < 1.29 is 9.90 Å². The predicted molar refractivity (Wildman–Crippen MR) is 58.7 cm³/mol. The molecule has 0 aliphatic rings. The Morgan fingerprint density at radius 3 is 2.75 bits per heavy atom. The normalized spacial score (nSPS) is 10.9. The Labute approximate surface area is 92.7 Å². The van der Waals surface area contributed by atoms with E-state index in [2.05, 4.69) is 10.1 Å². The van der Waals surface area contributed by atoms with Crippen LogP contribution in [-0.4, -0.2) is 25.7 Å². The van der Waals surface area contributed by atoms with E-state index in [0.717, 1.165) is 17.7 Å². The van der Waals surface area contributed by atoms with E-state index in [0.29, 0.717) is 12.1 Å². The van der Waals surface area contributed by atoms with Crippen molar-refractivity contribution in [3.05, 3.63) is 29.2 Å². The molecule has 84 valence electrons. The van der Waals surface area contributed by atoms with Crippen LogP contribution >= 0.6 is 0 Å². The second-order valence-corrected chi connectivity index (χ2v) is 3.55. The number of rotatable bonds is 3. The Morgan fingerprint density at radius 1 is 1.44 bits per heavy atom. The Bertz CT molecular complexity index is 545. The summed E-state index contributed by atoms with van der Waals surface area (Å²) in [5, 5.41) is 13.2. The molecule has 2 heterocycles. The van der Waals surface area contributed by atoms with Crippen LogP contribution in [0.15, 0.2) is 12.3 Å². The standard InChI is InChI=1S/C11H13N3O2/c1-3-7-6-12-14-9(11(15)16)5-8(4-2)13-10(7)14/h5-6H,3-4H2,1-2H3,(H,15,16). The average molecular weight is 219 g/mol. The lowest BCUT2D eigenvalue weighted by Crippen LogP contribution is -2.09. The van der Waals surface area contributed by atoms with Gasteiger partial charge in [-0.1, -0.05) is 13.8 Å². The van der Waals surface area contributed by atoms with Crippen molar-refractivity contribution in [3.8, 4) is 0 Å². The van der Waals surface area contributed by atoms with Crippen LogP contribution in [0.3, 0.4) is 0 Å². The Morgan fingerprint density at radius 2 is 2.19 bits per heavy atom. The molecule has 0 fully saturated rings. The smallest absolute Gasteiger partial charge is 0.354 e. The van der Waals surface area contributed by atoms with Crippen molar-refractivity contribution in [2.45, 2.75) is 26.7 Å². The van der Waals surface area contributed by atoms with E-state index in [1.165, 1.54) is 4.52 Å². The summed E-state index contributed by atoms with van der Waals surface area (Å²) in [7, 11) is 0. The molecule has 2 aromatic heterocycles. The third-order valence-corrected chi connectivity index (χ3v) is 2.56. The van der Waals surface area contributed by atoms with E-state index >= 15 is 0 Å². The van der Waals surface area contributed by atoms with Crippen molar-refractivity contribution in [2.75, 3.05) is 0 Å². The van der Waals surface area contributed by atoms with Gasteiger partial charge in [0.1, 0.15) is 0 Å². The van der Waals surface area contributed by atoms with Crippen molar-refractivity contribution in [2.24, 2.45) is 0 Å². The van der Waals surface area contributed by atoms with Crippen LogP contribution in [0.25, 0.3) is 5.65 Å². The van der Waals surface area contributed by atoms with Gasteiger partial charge in [0.15, 0.2) is 11.3 Å². The van der Waals surface area contributed by atoms with Gasteiger partial charge in [-0.05, 0) is 18.9 Å². The van der Waals surface area contributed by atoms with E-state index < -0.39 is 5.97 Å². The van der Waals surface area contributed by atoms with E-state index in [1.807, 2.05) is 13.8 Å². The van der Waals surface area contributed by atoms with Crippen LogP contribution in [0.4, 0.5) is 0 Å². The molecule has 2 aromatic rings. The molecule has 0 aliphatic carbocycles. The predicted octanol–water partition coefficient (Wildman–Crippen LogP) is 1.55. The first-order valence-corrected chi connectivity index (χ1v) is 5.27. The highest BCUT2D eigenvalue weighted by Crippen LogP contribution is 2.13. The van der Waals surface area contributed by atoms with Crippen LogP contribution in [0, 0.1) is 0 Å². The Kier molecular flexibility index (Phi) is 2.60. The fourth-order valence-electron chi connectivity index (χ4n) is 1.64. The minimum atomic E-state index is -0.979. The zero-order valence-electron chi connectivity index (χ0n) is 9.27. The van der Waals surface area contributed by atoms with E-state index in [4.69, 9.17) is 5.11 Å². The third-order valence-electron chi connectivity index (χ3n) is 2.56. The number of aryl methyl sites for hydroxylation is 2. The lowest BCUT2D eigenvalue weighted by Gasteiger charge is -2.03. The van der Waals surface area contributed by atoms with Gasteiger partial charge in [-0.15, -0.1) is 0 Å². The minimum Gasteiger partial charge on any atom is -0.477 e. The first kappa shape index (κ1) is 10.6. The number of carbonyl (C=O) groups is 1. The summed E-state index contributed by atoms with van der Waals surface area (Å²) in [4.78, 5) is 15.5. The van der Waals surface area contributed by atoms with Crippen molar-refractivity contribution in [3.63, 3.8) is 0 Å². The van der Waals surface area contributed by atoms with Crippen LogP contribution in [0.5, 0.6) is 0 Å². The van der Waals surface area contributed by atoms with Crippen LogP contribution in [0.2, 0.25) is 0 Å². The monoisotopic (exact) mass is 219 g/mol. The molecule has 1 N–H and O–H groups in total. The molecular formula is C11H13N3O2. The second-order valence-electron chi connectivity index (χ2n) is 3.55. The van der Waals surface area contributed by atoms with Crippen molar-refractivity contribution in [1.82, 2.24) is 14.6 Å². The summed E-state index contributed by atoms with van der Waals surface area (Å²) in [6, 6.07) is 1.57. The molecule has 0 saturated carbocycles. The fourth-order valence-corrected chi connectivity index (χ4v) is 1.64. The number of carboxylic acid groups (broad SMARTS) is 1. The molecule has 0 aromatic carbocycles. The zero-order valence-corrected chi connectivity index (χ0v) is 9.27. The number of nitrogens with zero attached hydrogens (tertiary/aromatic N) is 3. The number of aromatic carboxylic acids is 1. The van der Waals surface area contributed by atoms with Crippen molar-refractivity contribution in [1.29, 1.82) is 0 Å². The molecule has 5 heteroatoms. The zero-order chi connectivity index (χ0) is 11.7. The van der Waals surface area contributed by atoms with Gasteiger partial charge in [0.25, 0.3) is 0 Å². The maximum atomic E-state index is 11.1. The van der Waals surface area contributed by atoms with Gasteiger partial charge in [-0.25, -0.2) is 14.3 Å². The van der Waals surface area contributed by atoms with E-state index in [1.54, 1.807) is 12.3 Å². The second kappa shape index (κ2) is 3.92. The third kappa shape index (κ3) is 1.54. The molecule has 16 heavy (non-hydrogen) atoms. The van der Waals surface area contributed by atoms with Gasteiger partial charge in [0.05, 0.1) is 6.20 Å². The average Bonchev–Trinajstić information content (AvgIpc) is 2.69. The van der Waals surface area contributed by atoms with E-state index in [-0.39, 0.29) is 5.69 Å². The summed E-state index contributed by atoms with van der Waals surface area (Å²) in [5.41, 5.74) is 2.57. The molecule has 2 rings (SSSR count). The number of carboxylic acids is 1. The topological polar surface area (TPSA) is 67.5 Å². The molecule has 0 saturated heterocycles. The highest BCUT2D eigenvalue weighted by molar-refractivity contribution is 5.86. The van der Waals surface area contributed by atoms with E-state index in [9.17, 15) is 4.79 Å². The molecule has 0 unspecified atom stereocenters. The minimum absolute atomic E-state index is 0.168. The molecular weight excluding hydrogens is 206 g/mol. The quantitative estimate of drug-likeness (QED) is 0.850. The summed E-state index contributed by atoms with van der Waals surface area (Å²) < 4.78 is 1.39.